The van der Waals surface area contributed by atoms with Crippen LogP contribution in [0.3, 0.4) is 0 Å². The predicted molar refractivity (Wildman–Crippen MR) is 46.6 cm³/mol. The second-order valence-electron chi connectivity index (χ2n) is 2.96. The third-order valence-corrected chi connectivity index (χ3v) is 2.45. The summed E-state index contributed by atoms with van der Waals surface area (Å²) in [6.07, 6.45) is 5.99. The standard InChI is InChI=1S/C7H12N2O3S.ClH/c1-8-4-5-9(7-8)3-2-6-13(10,11)12;/h4-5,7H,2-3,6H2,1H3;1H. The maximum Gasteiger partial charge on any atom is 0.265 e. The molecule has 7 heteroatoms. The molecule has 5 nitrogen and oxygen atoms in total. The molecule has 0 bridgehead atoms. The zero-order valence-corrected chi connectivity index (χ0v) is 9.37. The van der Waals surface area contributed by atoms with Crippen LogP contribution in [0.4, 0.5) is 0 Å². The number of hydrogen-bond donors (Lipinski definition) is 1. The van der Waals surface area contributed by atoms with Crippen molar-refractivity contribution >= 4 is 10.1 Å². The van der Waals surface area contributed by atoms with Gasteiger partial charge in [-0.1, -0.05) is 0 Å². The molecule has 0 saturated heterocycles. The highest BCUT2D eigenvalue weighted by molar-refractivity contribution is 7.85. The molecule has 0 atom stereocenters. The van der Waals surface area contributed by atoms with Crippen molar-refractivity contribution in [2.75, 3.05) is 5.75 Å². The summed E-state index contributed by atoms with van der Waals surface area (Å²) in [5.41, 5.74) is 0. The molecule has 1 N–H and O–H groups in total. The van der Waals surface area contributed by atoms with Crippen molar-refractivity contribution in [2.24, 2.45) is 7.05 Å². The molecule has 82 valence electrons. The van der Waals surface area contributed by atoms with Crippen LogP contribution in [0.5, 0.6) is 0 Å². The fourth-order valence-electron chi connectivity index (χ4n) is 1.06. The van der Waals surface area contributed by atoms with Crippen LogP contribution >= 0.6 is 0 Å². The van der Waals surface area contributed by atoms with Crippen LogP contribution in [0.1, 0.15) is 6.42 Å². The van der Waals surface area contributed by atoms with Crippen LogP contribution in [-0.2, 0) is 23.7 Å². The number of rotatable bonds is 4. The van der Waals surface area contributed by atoms with Gasteiger partial charge in [0.1, 0.15) is 12.4 Å². The summed E-state index contributed by atoms with van der Waals surface area (Å²) in [6.45, 7) is 0.598. The molecule has 0 amide bonds. The van der Waals surface area contributed by atoms with Gasteiger partial charge in [0.2, 0.25) is 6.33 Å². The predicted octanol–water partition coefficient (Wildman–Crippen LogP) is -3.41. The molecular formula is C7H13ClN2O3S. The molecule has 1 aromatic rings. The summed E-state index contributed by atoms with van der Waals surface area (Å²) >= 11 is 0. The molecular weight excluding hydrogens is 228 g/mol. The van der Waals surface area contributed by atoms with Crippen molar-refractivity contribution in [1.29, 1.82) is 0 Å². The Bertz CT molecular complexity index is 374. The number of halogens is 1. The van der Waals surface area contributed by atoms with E-state index in [0.717, 1.165) is 0 Å². The van der Waals surface area contributed by atoms with Crippen LogP contribution in [0, 0.1) is 0 Å². The minimum atomic E-state index is -3.81. The zero-order valence-electron chi connectivity index (χ0n) is 7.80. The topological polar surface area (TPSA) is 63.2 Å². The normalized spacial score (nSPS) is 11.0. The average molecular weight is 241 g/mol. The molecule has 0 fully saturated rings. The molecule has 0 unspecified atom stereocenters. The van der Waals surface area contributed by atoms with Crippen molar-refractivity contribution in [3.63, 3.8) is 0 Å². The summed E-state index contributed by atoms with van der Waals surface area (Å²) in [4.78, 5) is 0. The molecule has 0 aromatic carbocycles. The van der Waals surface area contributed by atoms with Crippen molar-refractivity contribution in [2.45, 2.75) is 13.0 Å². The van der Waals surface area contributed by atoms with E-state index < -0.39 is 10.1 Å². The molecule has 14 heavy (non-hydrogen) atoms. The number of nitrogens with zero attached hydrogens (tertiary/aromatic N) is 2. The van der Waals surface area contributed by atoms with E-state index in [4.69, 9.17) is 4.55 Å². The number of hydrogen-bond acceptors (Lipinski definition) is 2. The van der Waals surface area contributed by atoms with Crippen molar-refractivity contribution in [1.82, 2.24) is 4.57 Å². The minimum Gasteiger partial charge on any atom is -1.00 e. The number of imidazole rings is 1. The first-order valence-electron chi connectivity index (χ1n) is 3.93. The first kappa shape index (κ1) is 13.4. The van der Waals surface area contributed by atoms with E-state index in [-0.39, 0.29) is 18.2 Å². The first-order valence-corrected chi connectivity index (χ1v) is 5.54. The second kappa shape index (κ2) is 5.33. The van der Waals surface area contributed by atoms with Gasteiger partial charge < -0.3 is 12.4 Å². The maximum absolute atomic E-state index is 10.4. The summed E-state index contributed by atoms with van der Waals surface area (Å²) < 4.78 is 32.9. The first-order chi connectivity index (χ1) is 5.97. The summed E-state index contributed by atoms with van der Waals surface area (Å²) in [5, 5.41) is 0. The molecule has 0 radical (unpaired) electrons. The van der Waals surface area contributed by atoms with E-state index in [1.165, 1.54) is 0 Å². The Morgan fingerprint density at radius 1 is 1.50 bits per heavy atom. The Balaban J connectivity index is 0.00000169. The van der Waals surface area contributed by atoms with Crippen molar-refractivity contribution in [3.05, 3.63) is 18.7 Å². The SMILES string of the molecule is C[n+]1ccn(CCCS(=O)(=O)O)c1.[Cl-]. The lowest BCUT2D eigenvalue weighted by Gasteiger charge is -1.94. The molecule has 0 aliphatic heterocycles. The number of aromatic nitrogens is 2. The van der Waals surface area contributed by atoms with Gasteiger partial charge in [0.05, 0.1) is 19.3 Å². The summed E-state index contributed by atoms with van der Waals surface area (Å²) in [5.74, 6) is -0.186. The van der Waals surface area contributed by atoms with Crippen LogP contribution in [0.25, 0.3) is 0 Å². The van der Waals surface area contributed by atoms with Gasteiger partial charge in [-0.05, 0) is 0 Å². The average Bonchev–Trinajstić information content (AvgIpc) is 2.33. The molecule has 1 heterocycles. The van der Waals surface area contributed by atoms with Crippen molar-refractivity contribution < 1.29 is 29.9 Å². The monoisotopic (exact) mass is 240 g/mol. The van der Waals surface area contributed by atoms with Gasteiger partial charge >= 0.3 is 0 Å². The van der Waals surface area contributed by atoms with Crippen LogP contribution < -0.4 is 17.0 Å². The fraction of sp³-hybridized carbons (Fsp3) is 0.571. The van der Waals surface area contributed by atoms with Crippen LogP contribution in [0.15, 0.2) is 18.7 Å². The third kappa shape index (κ3) is 5.21. The van der Waals surface area contributed by atoms with E-state index in [0.29, 0.717) is 13.0 Å². The highest BCUT2D eigenvalue weighted by Crippen LogP contribution is 1.93. The van der Waals surface area contributed by atoms with Gasteiger partial charge in [0, 0.05) is 6.42 Å². The van der Waals surface area contributed by atoms with Crippen LogP contribution in [-0.4, -0.2) is 23.3 Å². The van der Waals surface area contributed by atoms with Gasteiger partial charge in [0.15, 0.2) is 0 Å². The largest absolute Gasteiger partial charge is 1.00 e. The Hall–Kier alpha value is -0.590. The zero-order chi connectivity index (χ0) is 9.90. The lowest BCUT2D eigenvalue weighted by atomic mass is 10.5. The van der Waals surface area contributed by atoms with Gasteiger partial charge in [-0.3, -0.25) is 4.55 Å². The smallest absolute Gasteiger partial charge is 0.265 e. The van der Waals surface area contributed by atoms with E-state index in [2.05, 4.69) is 0 Å². The van der Waals surface area contributed by atoms with E-state index in [1.807, 2.05) is 34.9 Å². The quantitative estimate of drug-likeness (QED) is 0.441. The van der Waals surface area contributed by atoms with Crippen molar-refractivity contribution in [3.8, 4) is 0 Å². The van der Waals surface area contributed by atoms with E-state index >= 15 is 0 Å². The molecule has 0 saturated carbocycles. The van der Waals surface area contributed by atoms with E-state index in [1.54, 1.807) is 0 Å². The van der Waals surface area contributed by atoms with Gasteiger partial charge in [-0.25, -0.2) is 9.13 Å². The summed E-state index contributed by atoms with van der Waals surface area (Å²) in [6, 6.07) is 0. The Morgan fingerprint density at radius 2 is 2.14 bits per heavy atom. The Kier molecular flexibility index (Phi) is 5.11. The fourth-order valence-corrected chi connectivity index (χ4v) is 1.56. The van der Waals surface area contributed by atoms with Gasteiger partial charge in [-0.15, -0.1) is 0 Å². The molecule has 0 aliphatic rings. The van der Waals surface area contributed by atoms with E-state index in [9.17, 15) is 8.42 Å². The molecule has 0 aliphatic carbocycles. The summed E-state index contributed by atoms with van der Waals surface area (Å²) in [7, 11) is -1.92. The Morgan fingerprint density at radius 3 is 2.57 bits per heavy atom. The highest BCUT2D eigenvalue weighted by Gasteiger charge is 2.06. The maximum atomic E-state index is 10.4. The molecule has 1 aromatic heterocycles. The van der Waals surface area contributed by atoms with Crippen LogP contribution in [0.2, 0.25) is 0 Å². The number of aryl methyl sites for hydroxylation is 2. The second-order valence-corrected chi connectivity index (χ2v) is 4.53. The van der Waals surface area contributed by atoms with Gasteiger partial charge in [0.25, 0.3) is 10.1 Å². The lowest BCUT2D eigenvalue weighted by molar-refractivity contribution is -0.671. The minimum absolute atomic E-state index is 0. The highest BCUT2D eigenvalue weighted by atomic mass is 35.5. The third-order valence-electron chi connectivity index (χ3n) is 1.64. The Labute approximate surface area is 89.5 Å². The molecule has 1 rings (SSSR count). The molecule has 0 spiro atoms. The van der Waals surface area contributed by atoms with Gasteiger partial charge in [-0.2, -0.15) is 8.42 Å². The lowest BCUT2D eigenvalue weighted by Crippen LogP contribution is -3.00.